The average molecular weight is 421 g/mol. The van der Waals surface area contributed by atoms with Crippen molar-refractivity contribution in [3.8, 4) is 0 Å². The second-order valence-corrected chi connectivity index (χ2v) is 8.83. The van der Waals surface area contributed by atoms with E-state index in [1.165, 1.54) is 47.6 Å². The molecule has 0 spiro atoms. The minimum Gasteiger partial charge on any atom is -0.463 e. The second kappa shape index (κ2) is 13.6. The molecule has 0 aromatic rings. The predicted octanol–water partition coefficient (Wildman–Crippen LogP) is 8.14. The summed E-state index contributed by atoms with van der Waals surface area (Å²) < 4.78 is 4.86. The summed E-state index contributed by atoms with van der Waals surface area (Å²) in [7, 11) is 0. The van der Waals surface area contributed by atoms with Crippen molar-refractivity contribution in [3.63, 3.8) is 0 Å². The molecule has 168 valence electrons. The van der Waals surface area contributed by atoms with Gasteiger partial charge in [-0.1, -0.05) is 96.9 Å². The summed E-state index contributed by atoms with van der Waals surface area (Å²) in [6.45, 7) is 15.3. The molecule has 1 aliphatic carbocycles. The molecule has 0 atom stereocenters. The largest absolute Gasteiger partial charge is 0.463 e. The van der Waals surface area contributed by atoms with Crippen LogP contribution in [0.4, 0.5) is 0 Å². The summed E-state index contributed by atoms with van der Waals surface area (Å²) >= 11 is 0. The van der Waals surface area contributed by atoms with Crippen LogP contribution in [0.25, 0.3) is 0 Å². The Morgan fingerprint density at radius 2 is 1.48 bits per heavy atom. The van der Waals surface area contributed by atoms with E-state index in [1.54, 1.807) is 13.0 Å². The third kappa shape index (κ3) is 10.8. The molecule has 0 radical (unpaired) electrons. The third-order valence-corrected chi connectivity index (χ3v) is 5.37. The number of allylic oxidation sites excluding steroid dienone is 15. The summed E-state index contributed by atoms with van der Waals surface area (Å²) in [4.78, 5) is 11.3. The topological polar surface area (TPSA) is 26.3 Å². The fourth-order valence-electron chi connectivity index (χ4n) is 3.55. The van der Waals surface area contributed by atoms with Crippen LogP contribution in [-0.4, -0.2) is 12.6 Å². The van der Waals surface area contributed by atoms with Gasteiger partial charge in [-0.3, -0.25) is 0 Å². The van der Waals surface area contributed by atoms with Crippen LogP contribution in [0.1, 0.15) is 67.7 Å². The summed E-state index contributed by atoms with van der Waals surface area (Å²) in [6, 6.07) is 0. The molecular formula is C29H40O2. The maximum Gasteiger partial charge on any atom is 0.330 e. The summed E-state index contributed by atoms with van der Waals surface area (Å²) in [6.07, 6.45) is 25.9. The Balaban J connectivity index is 2.63. The molecule has 1 aliphatic rings. The number of ether oxygens (including phenoxy) is 1. The van der Waals surface area contributed by atoms with Crippen LogP contribution >= 0.6 is 0 Å². The Morgan fingerprint density at radius 1 is 0.903 bits per heavy atom. The number of carbonyl (C=O) groups excluding carboxylic acids is 1. The van der Waals surface area contributed by atoms with Crippen molar-refractivity contribution >= 4 is 5.97 Å². The highest BCUT2D eigenvalue weighted by Gasteiger charge is 2.26. The van der Waals surface area contributed by atoms with Crippen LogP contribution in [0, 0.1) is 5.41 Å². The normalized spacial score (nSPS) is 18.9. The van der Waals surface area contributed by atoms with E-state index in [0.29, 0.717) is 6.61 Å². The zero-order valence-corrected chi connectivity index (χ0v) is 20.5. The fraction of sp³-hybridized carbons (Fsp3) is 0.414. The first-order valence-electron chi connectivity index (χ1n) is 11.3. The molecule has 0 unspecified atom stereocenters. The summed E-state index contributed by atoms with van der Waals surface area (Å²) in [5, 5.41) is 0. The highest BCUT2D eigenvalue weighted by molar-refractivity contribution is 5.82. The highest BCUT2D eigenvalue weighted by Crippen LogP contribution is 2.40. The predicted molar refractivity (Wildman–Crippen MR) is 135 cm³/mol. The van der Waals surface area contributed by atoms with Gasteiger partial charge >= 0.3 is 5.97 Å². The van der Waals surface area contributed by atoms with Crippen molar-refractivity contribution in [3.05, 3.63) is 94.7 Å². The molecule has 0 aromatic heterocycles. The van der Waals surface area contributed by atoms with Gasteiger partial charge in [-0.25, -0.2) is 4.79 Å². The summed E-state index contributed by atoms with van der Waals surface area (Å²) in [5.74, 6) is -0.312. The van der Waals surface area contributed by atoms with Gasteiger partial charge in [-0.15, -0.1) is 0 Å². The van der Waals surface area contributed by atoms with Crippen LogP contribution in [0.15, 0.2) is 94.7 Å². The first-order valence-corrected chi connectivity index (χ1v) is 11.3. The molecule has 0 aliphatic heterocycles. The van der Waals surface area contributed by atoms with Gasteiger partial charge in [-0.2, -0.15) is 0 Å². The van der Waals surface area contributed by atoms with E-state index in [-0.39, 0.29) is 11.4 Å². The maximum absolute atomic E-state index is 11.3. The maximum atomic E-state index is 11.3. The van der Waals surface area contributed by atoms with Gasteiger partial charge in [0.05, 0.1) is 6.61 Å². The fourth-order valence-corrected chi connectivity index (χ4v) is 3.55. The molecule has 31 heavy (non-hydrogen) atoms. The van der Waals surface area contributed by atoms with E-state index in [4.69, 9.17) is 4.74 Å². The molecule has 0 bridgehead atoms. The monoisotopic (exact) mass is 420 g/mol. The molecule has 0 N–H and O–H groups in total. The third-order valence-electron chi connectivity index (χ3n) is 5.37. The van der Waals surface area contributed by atoms with Gasteiger partial charge in [0.25, 0.3) is 0 Å². The molecule has 1 rings (SSSR count). The quantitative estimate of drug-likeness (QED) is 0.214. The van der Waals surface area contributed by atoms with E-state index in [2.05, 4.69) is 71.1 Å². The van der Waals surface area contributed by atoms with Gasteiger partial charge in [0, 0.05) is 6.08 Å². The summed E-state index contributed by atoms with van der Waals surface area (Å²) in [5.41, 5.74) is 6.71. The van der Waals surface area contributed by atoms with Crippen molar-refractivity contribution < 1.29 is 9.53 Å². The number of carbonyl (C=O) groups is 1. The van der Waals surface area contributed by atoms with Gasteiger partial charge in [0.2, 0.25) is 0 Å². The lowest BCUT2D eigenvalue weighted by Gasteiger charge is -2.32. The lowest BCUT2D eigenvalue weighted by molar-refractivity contribution is -0.137. The van der Waals surface area contributed by atoms with E-state index >= 15 is 0 Å². The van der Waals surface area contributed by atoms with E-state index in [9.17, 15) is 4.79 Å². The van der Waals surface area contributed by atoms with Crippen molar-refractivity contribution in [2.24, 2.45) is 5.41 Å². The highest BCUT2D eigenvalue weighted by atomic mass is 16.5. The number of hydrogen-bond donors (Lipinski definition) is 0. The Labute approximate surface area is 190 Å². The molecule has 0 amide bonds. The van der Waals surface area contributed by atoms with Crippen LogP contribution < -0.4 is 0 Å². The minimum atomic E-state index is -0.312. The first-order chi connectivity index (χ1) is 14.7. The lowest BCUT2D eigenvalue weighted by Crippen LogP contribution is -2.19. The standard InChI is InChI=1S/C29H40O2/c1-8-31-28(30)21-19-24(3)14-10-9-13-23(2)15-11-16-25(4)18-20-27-26(5)17-12-22-29(27,6)7/h9-11,13-16,18-21H,8,12,17,22H2,1-7H3/b10-9+,15-11+,20-18+,21-19+,23-13+,24-14+,25-16+. The Bertz CT molecular complexity index is 849. The van der Waals surface area contributed by atoms with Crippen LogP contribution in [0.2, 0.25) is 0 Å². The lowest BCUT2D eigenvalue weighted by atomic mass is 9.72. The molecule has 0 fully saturated rings. The SMILES string of the molecule is CCOC(=O)/C=C/C(C)=C/C=C/C=C(C)/C=C/C=C(C)/C=C/C1=C(C)CCCC1(C)C. The average Bonchev–Trinajstić information content (AvgIpc) is 2.69. The van der Waals surface area contributed by atoms with Crippen molar-refractivity contribution in [1.29, 1.82) is 0 Å². The molecule has 2 heteroatoms. The van der Waals surface area contributed by atoms with Crippen molar-refractivity contribution in [2.45, 2.75) is 67.7 Å². The Hall–Kier alpha value is -2.61. The molecule has 0 saturated heterocycles. The zero-order valence-electron chi connectivity index (χ0n) is 20.5. The second-order valence-electron chi connectivity index (χ2n) is 8.83. The van der Waals surface area contributed by atoms with Gasteiger partial charge in [0.1, 0.15) is 0 Å². The molecule has 2 nitrogen and oxygen atoms in total. The zero-order chi connectivity index (χ0) is 23.3. The number of hydrogen-bond acceptors (Lipinski definition) is 2. The van der Waals surface area contributed by atoms with E-state index in [0.717, 1.165) is 5.57 Å². The molecule has 0 saturated carbocycles. The van der Waals surface area contributed by atoms with Gasteiger partial charge in [-0.05, 0) is 64.9 Å². The van der Waals surface area contributed by atoms with Crippen molar-refractivity contribution in [1.82, 2.24) is 0 Å². The van der Waals surface area contributed by atoms with Crippen LogP contribution in [0.5, 0.6) is 0 Å². The van der Waals surface area contributed by atoms with Crippen LogP contribution in [-0.2, 0) is 9.53 Å². The Kier molecular flexibility index (Phi) is 11.6. The smallest absolute Gasteiger partial charge is 0.330 e. The number of rotatable bonds is 9. The molecule has 0 aromatic carbocycles. The molecular weight excluding hydrogens is 380 g/mol. The van der Waals surface area contributed by atoms with Gasteiger partial charge in [0.15, 0.2) is 0 Å². The molecule has 0 heterocycles. The minimum absolute atomic E-state index is 0.280. The van der Waals surface area contributed by atoms with Crippen LogP contribution in [0.3, 0.4) is 0 Å². The van der Waals surface area contributed by atoms with Crippen molar-refractivity contribution in [2.75, 3.05) is 6.61 Å². The first kappa shape index (κ1) is 26.4. The Morgan fingerprint density at radius 3 is 2.10 bits per heavy atom. The van der Waals surface area contributed by atoms with E-state index < -0.39 is 0 Å². The number of esters is 1. The van der Waals surface area contributed by atoms with Gasteiger partial charge < -0.3 is 4.74 Å². The van der Waals surface area contributed by atoms with E-state index in [1.807, 2.05) is 25.2 Å².